The molecule has 5 nitrogen and oxygen atoms in total. The number of aromatic nitrogens is 2. The van der Waals surface area contributed by atoms with Gasteiger partial charge in [-0.15, -0.1) is 0 Å². The van der Waals surface area contributed by atoms with E-state index in [-0.39, 0.29) is 0 Å². The van der Waals surface area contributed by atoms with Crippen molar-refractivity contribution >= 4 is 16.7 Å². The van der Waals surface area contributed by atoms with Crippen LogP contribution in [0.1, 0.15) is 18.4 Å². The fourth-order valence-electron chi connectivity index (χ4n) is 2.86. The topological polar surface area (TPSA) is 62.0 Å². The summed E-state index contributed by atoms with van der Waals surface area (Å²) in [5.41, 5.74) is 2.20. The van der Waals surface area contributed by atoms with Gasteiger partial charge in [0.2, 0.25) is 0 Å². The van der Waals surface area contributed by atoms with Crippen LogP contribution in [0.2, 0.25) is 0 Å². The number of hydrogen-bond donors (Lipinski definition) is 3. The molecule has 0 spiro atoms. The second-order valence-electron chi connectivity index (χ2n) is 5.49. The Morgan fingerprint density at radius 2 is 2.15 bits per heavy atom. The first-order chi connectivity index (χ1) is 9.78. The summed E-state index contributed by atoms with van der Waals surface area (Å²) in [6, 6.07) is 4.14. The normalized spacial score (nSPS) is 16.5. The van der Waals surface area contributed by atoms with Crippen LogP contribution in [0.25, 0.3) is 10.9 Å². The Morgan fingerprint density at radius 3 is 2.90 bits per heavy atom. The van der Waals surface area contributed by atoms with E-state index in [2.05, 4.69) is 33.8 Å². The molecule has 0 atom stereocenters. The van der Waals surface area contributed by atoms with Gasteiger partial charge in [0.1, 0.15) is 5.75 Å². The van der Waals surface area contributed by atoms with Gasteiger partial charge in [0.05, 0.1) is 12.1 Å². The number of ether oxygens (including phenoxy) is 1. The number of anilines is 1. The zero-order valence-electron chi connectivity index (χ0n) is 12.1. The molecule has 20 heavy (non-hydrogen) atoms. The van der Waals surface area contributed by atoms with E-state index >= 15 is 0 Å². The number of H-pyrrole nitrogens is 1. The Morgan fingerprint density at radius 1 is 1.35 bits per heavy atom. The second kappa shape index (κ2) is 5.71. The highest BCUT2D eigenvalue weighted by Gasteiger charge is 2.14. The summed E-state index contributed by atoms with van der Waals surface area (Å²) in [5.74, 6) is 2.49. The van der Waals surface area contributed by atoms with Crippen LogP contribution in [0, 0.1) is 12.8 Å². The van der Waals surface area contributed by atoms with Gasteiger partial charge in [-0.05, 0) is 50.4 Å². The Labute approximate surface area is 119 Å². The Hall–Kier alpha value is -1.75. The molecule has 0 radical (unpaired) electrons. The molecule has 0 bridgehead atoms. The van der Waals surface area contributed by atoms with E-state index in [9.17, 15) is 0 Å². The molecule has 1 aliphatic heterocycles. The second-order valence-corrected chi connectivity index (χ2v) is 5.49. The van der Waals surface area contributed by atoms with Crippen LogP contribution < -0.4 is 15.4 Å². The summed E-state index contributed by atoms with van der Waals surface area (Å²) >= 11 is 0. The Bertz CT molecular complexity index is 587. The van der Waals surface area contributed by atoms with Gasteiger partial charge in [-0.3, -0.25) is 5.10 Å². The summed E-state index contributed by atoms with van der Waals surface area (Å²) in [6.07, 6.45) is 2.41. The first-order valence-corrected chi connectivity index (χ1v) is 7.28. The molecule has 0 unspecified atom stereocenters. The summed E-state index contributed by atoms with van der Waals surface area (Å²) < 4.78 is 5.98. The molecule has 1 aromatic heterocycles. The van der Waals surface area contributed by atoms with Crippen molar-refractivity contribution < 1.29 is 4.74 Å². The lowest BCUT2D eigenvalue weighted by Crippen LogP contribution is -2.30. The lowest BCUT2D eigenvalue weighted by Gasteiger charge is -2.22. The molecule has 1 fully saturated rings. The molecular formula is C15H22N4O. The molecule has 3 rings (SSSR count). The van der Waals surface area contributed by atoms with Crippen molar-refractivity contribution in [2.45, 2.75) is 19.8 Å². The average molecular weight is 274 g/mol. The van der Waals surface area contributed by atoms with Crippen LogP contribution in [-0.2, 0) is 0 Å². The van der Waals surface area contributed by atoms with E-state index in [1.807, 2.05) is 13.1 Å². The highest BCUT2D eigenvalue weighted by molar-refractivity contribution is 5.93. The number of rotatable bonds is 4. The van der Waals surface area contributed by atoms with Gasteiger partial charge in [-0.2, -0.15) is 5.10 Å². The zero-order chi connectivity index (χ0) is 13.9. The van der Waals surface area contributed by atoms with Gasteiger partial charge in [0.25, 0.3) is 0 Å². The SMILES string of the molecule is CNc1n[nH]c2cc(OCC3CCNCC3)cc(C)c12. The van der Waals surface area contributed by atoms with Crippen LogP contribution >= 0.6 is 0 Å². The number of benzene rings is 1. The molecular weight excluding hydrogens is 252 g/mol. The van der Waals surface area contributed by atoms with Crippen molar-refractivity contribution in [3.63, 3.8) is 0 Å². The zero-order valence-corrected chi connectivity index (χ0v) is 12.1. The third-order valence-electron chi connectivity index (χ3n) is 4.02. The fraction of sp³-hybridized carbons (Fsp3) is 0.533. The maximum Gasteiger partial charge on any atom is 0.155 e. The van der Waals surface area contributed by atoms with Gasteiger partial charge in [0, 0.05) is 18.5 Å². The highest BCUT2D eigenvalue weighted by atomic mass is 16.5. The summed E-state index contributed by atoms with van der Waals surface area (Å²) in [4.78, 5) is 0. The molecule has 2 aromatic rings. The highest BCUT2D eigenvalue weighted by Crippen LogP contribution is 2.29. The van der Waals surface area contributed by atoms with Crippen molar-refractivity contribution in [2.24, 2.45) is 5.92 Å². The predicted octanol–water partition coefficient (Wildman–Crippen LogP) is 2.29. The van der Waals surface area contributed by atoms with Crippen molar-refractivity contribution in [3.8, 4) is 5.75 Å². The summed E-state index contributed by atoms with van der Waals surface area (Å²) in [6.45, 7) is 5.12. The first-order valence-electron chi connectivity index (χ1n) is 7.28. The smallest absolute Gasteiger partial charge is 0.155 e. The quantitative estimate of drug-likeness (QED) is 0.800. The third-order valence-corrected chi connectivity index (χ3v) is 4.02. The molecule has 3 N–H and O–H groups in total. The molecule has 5 heteroatoms. The number of aromatic amines is 1. The number of nitrogens with zero attached hydrogens (tertiary/aromatic N) is 1. The van der Waals surface area contributed by atoms with Gasteiger partial charge in [-0.1, -0.05) is 0 Å². The van der Waals surface area contributed by atoms with Crippen LogP contribution in [0.4, 0.5) is 5.82 Å². The lowest BCUT2D eigenvalue weighted by molar-refractivity contribution is 0.215. The predicted molar refractivity (Wildman–Crippen MR) is 81.5 cm³/mol. The van der Waals surface area contributed by atoms with Gasteiger partial charge < -0.3 is 15.4 Å². The summed E-state index contributed by atoms with van der Waals surface area (Å²) in [7, 11) is 1.89. The van der Waals surface area contributed by atoms with Crippen molar-refractivity contribution in [3.05, 3.63) is 17.7 Å². The van der Waals surface area contributed by atoms with Crippen molar-refractivity contribution in [1.29, 1.82) is 0 Å². The van der Waals surface area contributed by atoms with Crippen LogP contribution in [0.3, 0.4) is 0 Å². The van der Waals surface area contributed by atoms with Gasteiger partial charge in [-0.25, -0.2) is 0 Å². The van der Waals surface area contributed by atoms with Gasteiger partial charge >= 0.3 is 0 Å². The monoisotopic (exact) mass is 274 g/mol. The molecule has 1 saturated heterocycles. The molecule has 2 heterocycles. The van der Waals surface area contributed by atoms with Crippen LogP contribution in [0.15, 0.2) is 12.1 Å². The lowest BCUT2D eigenvalue weighted by atomic mass is 9.99. The van der Waals surface area contributed by atoms with E-state index < -0.39 is 0 Å². The molecule has 0 amide bonds. The number of piperidine rings is 1. The Kier molecular flexibility index (Phi) is 3.78. The molecule has 1 aliphatic rings. The largest absolute Gasteiger partial charge is 0.493 e. The Balaban J connectivity index is 1.75. The fourth-order valence-corrected chi connectivity index (χ4v) is 2.86. The van der Waals surface area contributed by atoms with Crippen LogP contribution in [0.5, 0.6) is 5.75 Å². The first kappa shape index (κ1) is 13.2. The minimum absolute atomic E-state index is 0.668. The van der Waals surface area contributed by atoms with E-state index in [1.165, 1.54) is 18.4 Å². The third kappa shape index (κ3) is 2.58. The van der Waals surface area contributed by atoms with E-state index in [0.29, 0.717) is 5.92 Å². The maximum atomic E-state index is 5.98. The van der Waals surface area contributed by atoms with Crippen molar-refractivity contribution in [1.82, 2.24) is 15.5 Å². The van der Waals surface area contributed by atoms with Gasteiger partial charge in [0.15, 0.2) is 5.82 Å². The number of nitrogens with one attached hydrogen (secondary N) is 3. The summed E-state index contributed by atoms with van der Waals surface area (Å²) in [5, 5.41) is 14.9. The molecule has 108 valence electrons. The molecule has 0 saturated carbocycles. The minimum Gasteiger partial charge on any atom is -0.493 e. The average Bonchev–Trinajstić information content (AvgIpc) is 2.90. The number of fused-ring (bicyclic) bond motifs is 1. The van der Waals surface area contributed by atoms with Crippen LogP contribution in [-0.4, -0.2) is 36.9 Å². The minimum atomic E-state index is 0.668. The molecule has 0 aliphatic carbocycles. The van der Waals surface area contributed by atoms with E-state index in [0.717, 1.165) is 42.2 Å². The standard InChI is InChI=1S/C15H22N4O/c1-10-7-12(20-9-11-3-5-17-6-4-11)8-13-14(10)15(16-2)19-18-13/h7-8,11,17H,3-6,9H2,1-2H3,(H2,16,18,19). The maximum absolute atomic E-state index is 5.98. The molecule has 1 aromatic carbocycles. The van der Waals surface area contributed by atoms with E-state index in [4.69, 9.17) is 4.74 Å². The van der Waals surface area contributed by atoms with Crippen molar-refractivity contribution in [2.75, 3.05) is 32.1 Å². The number of aryl methyl sites for hydroxylation is 1. The van der Waals surface area contributed by atoms with E-state index in [1.54, 1.807) is 0 Å². The number of hydrogen-bond acceptors (Lipinski definition) is 4.